The van der Waals surface area contributed by atoms with Crippen LogP contribution in [0.1, 0.15) is 32.1 Å². The number of benzene rings is 1. The number of piperidine rings is 1. The smallest absolute Gasteiger partial charge is 0.247 e. The molecule has 1 aromatic heterocycles. The van der Waals surface area contributed by atoms with Crippen LogP contribution in [0.2, 0.25) is 0 Å². The van der Waals surface area contributed by atoms with Gasteiger partial charge in [-0.15, -0.1) is 0 Å². The highest BCUT2D eigenvalue weighted by Gasteiger charge is 2.33. The van der Waals surface area contributed by atoms with E-state index in [0.29, 0.717) is 13.1 Å². The lowest BCUT2D eigenvalue weighted by Crippen LogP contribution is -2.52. The fraction of sp³-hybridized carbons (Fsp3) is 0.476. The Kier molecular flexibility index (Phi) is 5.71. The molecule has 0 radical (unpaired) electrons. The number of likely N-dealkylation sites (tertiary alicyclic amines) is 2. The van der Waals surface area contributed by atoms with Crippen molar-refractivity contribution in [3.05, 3.63) is 42.7 Å². The van der Waals surface area contributed by atoms with Gasteiger partial charge in [-0.3, -0.25) is 14.5 Å². The van der Waals surface area contributed by atoms with Gasteiger partial charge in [-0.05, 0) is 75.5 Å². The molecule has 148 valence electrons. The number of nitrogens with zero attached hydrogens (tertiary/aromatic N) is 4. The van der Waals surface area contributed by atoms with Crippen molar-refractivity contribution in [1.29, 1.82) is 0 Å². The van der Waals surface area contributed by atoms with Crippen LogP contribution in [0, 0.1) is 0 Å². The third-order valence-corrected chi connectivity index (χ3v) is 5.59. The van der Waals surface area contributed by atoms with Crippen LogP contribution in [0.25, 0.3) is 5.69 Å². The minimum Gasteiger partial charge on any atom is -0.330 e. The topological polar surface area (TPSA) is 70.5 Å². The SMILES string of the molecule is O=C(Nc1ccc(-n2cccn2)cc1)[C@H]1CCCCN1C(=O)CN1CCCC1. The Morgan fingerprint density at radius 2 is 1.79 bits per heavy atom. The second-order valence-corrected chi connectivity index (χ2v) is 7.57. The standard InChI is InChI=1S/C21H27N5O2/c27-20(16-24-12-3-4-13-24)25-14-2-1-6-19(25)21(28)23-17-7-9-18(10-8-17)26-15-5-11-22-26/h5,7-11,15,19H,1-4,6,12-14,16H2,(H,23,28)/t19-/m1/s1. The van der Waals surface area contributed by atoms with Crippen LogP contribution in [0.4, 0.5) is 5.69 Å². The molecule has 7 nitrogen and oxygen atoms in total. The van der Waals surface area contributed by atoms with E-state index in [0.717, 1.165) is 56.6 Å². The zero-order chi connectivity index (χ0) is 19.3. The van der Waals surface area contributed by atoms with Crippen LogP contribution < -0.4 is 5.32 Å². The Labute approximate surface area is 165 Å². The largest absolute Gasteiger partial charge is 0.330 e. The van der Waals surface area contributed by atoms with E-state index in [1.807, 2.05) is 36.5 Å². The summed E-state index contributed by atoms with van der Waals surface area (Å²) in [6.07, 6.45) is 8.59. The number of aromatic nitrogens is 2. The lowest BCUT2D eigenvalue weighted by Gasteiger charge is -2.35. The van der Waals surface area contributed by atoms with Crippen LogP contribution in [0.5, 0.6) is 0 Å². The Balaban J connectivity index is 1.39. The van der Waals surface area contributed by atoms with Crippen molar-refractivity contribution in [3.8, 4) is 5.69 Å². The van der Waals surface area contributed by atoms with Gasteiger partial charge in [0, 0.05) is 24.6 Å². The van der Waals surface area contributed by atoms with E-state index >= 15 is 0 Å². The molecule has 2 aliphatic heterocycles. The molecule has 2 saturated heterocycles. The highest BCUT2D eigenvalue weighted by Crippen LogP contribution is 2.21. The molecule has 7 heteroatoms. The number of carbonyl (C=O) groups is 2. The summed E-state index contributed by atoms with van der Waals surface area (Å²) in [5.74, 6) is -0.0166. The third-order valence-electron chi connectivity index (χ3n) is 5.59. The molecule has 1 aromatic carbocycles. The van der Waals surface area contributed by atoms with Gasteiger partial charge in [-0.2, -0.15) is 5.10 Å². The summed E-state index contributed by atoms with van der Waals surface area (Å²) in [7, 11) is 0. The van der Waals surface area contributed by atoms with Crippen LogP contribution in [-0.4, -0.2) is 63.6 Å². The van der Waals surface area contributed by atoms with Crippen molar-refractivity contribution in [2.45, 2.75) is 38.1 Å². The molecule has 2 aromatic rings. The highest BCUT2D eigenvalue weighted by atomic mass is 16.2. The molecule has 0 saturated carbocycles. The molecule has 3 heterocycles. The summed E-state index contributed by atoms with van der Waals surface area (Å²) in [5, 5.41) is 7.19. The van der Waals surface area contributed by atoms with Gasteiger partial charge in [0.05, 0.1) is 12.2 Å². The summed E-state index contributed by atoms with van der Waals surface area (Å²) < 4.78 is 1.77. The number of hydrogen-bond donors (Lipinski definition) is 1. The van der Waals surface area contributed by atoms with Crippen molar-refractivity contribution in [1.82, 2.24) is 19.6 Å². The van der Waals surface area contributed by atoms with E-state index in [1.165, 1.54) is 0 Å². The zero-order valence-electron chi connectivity index (χ0n) is 16.1. The maximum absolute atomic E-state index is 12.9. The molecule has 0 spiro atoms. The summed E-state index contributed by atoms with van der Waals surface area (Å²) in [4.78, 5) is 29.7. The van der Waals surface area contributed by atoms with Gasteiger partial charge in [0.15, 0.2) is 0 Å². The van der Waals surface area contributed by atoms with Crippen molar-refractivity contribution in [2.24, 2.45) is 0 Å². The molecule has 0 bridgehead atoms. The molecule has 0 unspecified atom stereocenters. The first-order valence-electron chi connectivity index (χ1n) is 10.1. The van der Waals surface area contributed by atoms with E-state index in [-0.39, 0.29) is 17.9 Å². The summed E-state index contributed by atoms with van der Waals surface area (Å²) in [5.41, 5.74) is 1.67. The fourth-order valence-electron chi connectivity index (χ4n) is 4.07. The third kappa shape index (κ3) is 4.25. The molecular formula is C21H27N5O2. The zero-order valence-corrected chi connectivity index (χ0v) is 16.1. The normalized spacial score (nSPS) is 20.3. The van der Waals surface area contributed by atoms with E-state index < -0.39 is 0 Å². The molecule has 2 fully saturated rings. The predicted octanol–water partition coefficient (Wildman–Crippen LogP) is 2.29. The number of hydrogen-bond acceptors (Lipinski definition) is 4. The van der Waals surface area contributed by atoms with Gasteiger partial charge in [0.1, 0.15) is 6.04 Å². The Morgan fingerprint density at radius 1 is 1.04 bits per heavy atom. The molecule has 1 atom stereocenters. The second-order valence-electron chi connectivity index (χ2n) is 7.57. The Bertz CT molecular complexity index is 797. The van der Waals surface area contributed by atoms with Gasteiger partial charge in [-0.25, -0.2) is 4.68 Å². The molecule has 2 aliphatic rings. The van der Waals surface area contributed by atoms with E-state index in [4.69, 9.17) is 0 Å². The second kappa shape index (κ2) is 8.56. The van der Waals surface area contributed by atoms with Gasteiger partial charge >= 0.3 is 0 Å². The molecular weight excluding hydrogens is 354 g/mol. The number of carbonyl (C=O) groups excluding carboxylic acids is 2. The van der Waals surface area contributed by atoms with Gasteiger partial charge < -0.3 is 10.2 Å². The number of rotatable bonds is 5. The van der Waals surface area contributed by atoms with Crippen molar-refractivity contribution < 1.29 is 9.59 Å². The molecule has 28 heavy (non-hydrogen) atoms. The van der Waals surface area contributed by atoms with Gasteiger partial charge in [0.25, 0.3) is 0 Å². The lowest BCUT2D eigenvalue weighted by atomic mass is 10.0. The Morgan fingerprint density at radius 3 is 2.50 bits per heavy atom. The number of amides is 2. The van der Waals surface area contributed by atoms with Crippen LogP contribution in [-0.2, 0) is 9.59 Å². The van der Waals surface area contributed by atoms with Gasteiger partial charge in [0.2, 0.25) is 11.8 Å². The number of nitrogens with one attached hydrogen (secondary N) is 1. The minimum absolute atomic E-state index is 0.0794. The van der Waals surface area contributed by atoms with Crippen LogP contribution in [0.15, 0.2) is 42.7 Å². The van der Waals surface area contributed by atoms with E-state index in [2.05, 4.69) is 15.3 Å². The average molecular weight is 381 g/mol. The highest BCUT2D eigenvalue weighted by molar-refractivity contribution is 5.97. The minimum atomic E-state index is -0.380. The maximum Gasteiger partial charge on any atom is 0.247 e. The van der Waals surface area contributed by atoms with Crippen molar-refractivity contribution >= 4 is 17.5 Å². The quantitative estimate of drug-likeness (QED) is 0.863. The summed E-state index contributed by atoms with van der Waals surface area (Å²) in [6.45, 7) is 3.07. The first-order valence-corrected chi connectivity index (χ1v) is 10.1. The first-order chi connectivity index (χ1) is 13.7. The van der Waals surface area contributed by atoms with E-state index in [1.54, 1.807) is 15.8 Å². The monoisotopic (exact) mass is 381 g/mol. The van der Waals surface area contributed by atoms with Crippen LogP contribution >= 0.6 is 0 Å². The molecule has 0 aliphatic carbocycles. The predicted molar refractivity (Wildman–Crippen MR) is 107 cm³/mol. The first kappa shape index (κ1) is 18.7. The summed E-state index contributed by atoms with van der Waals surface area (Å²) >= 11 is 0. The maximum atomic E-state index is 12.9. The van der Waals surface area contributed by atoms with E-state index in [9.17, 15) is 9.59 Å². The lowest BCUT2D eigenvalue weighted by molar-refractivity contribution is -0.141. The molecule has 2 amide bonds. The summed E-state index contributed by atoms with van der Waals surface area (Å²) in [6, 6.07) is 9.06. The van der Waals surface area contributed by atoms with Crippen molar-refractivity contribution in [3.63, 3.8) is 0 Å². The average Bonchev–Trinajstić information content (AvgIpc) is 3.43. The number of anilines is 1. The van der Waals surface area contributed by atoms with Gasteiger partial charge in [-0.1, -0.05) is 0 Å². The van der Waals surface area contributed by atoms with Crippen molar-refractivity contribution in [2.75, 3.05) is 31.5 Å². The molecule has 1 N–H and O–H groups in total. The Hall–Kier alpha value is -2.67. The fourth-order valence-corrected chi connectivity index (χ4v) is 4.07. The van der Waals surface area contributed by atoms with Crippen LogP contribution in [0.3, 0.4) is 0 Å². The molecule has 4 rings (SSSR count).